The molecule has 0 amide bonds. The van der Waals surface area contributed by atoms with Gasteiger partial charge in [0.2, 0.25) is 0 Å². The first kappa shape index (κ1) is 76.3. The molecule has 0 bridgehead atoms. The lowest BCUT2D eigenvalue weighted by Crippen LogP contribution is -2.00. The average molecular weight is 1780 g/mol. The van der Waals surface area contributed by atoms with Crippen LogP contribution in [0, 0.1) is 0 Å². The molecule has 12 aromatic carbocycles. The lowest BCUT2D eigenvalue weighted by molar-refractivity contribution is 1.21. The number of benzene rings is 12. The van der Waals surface area contributed by atoms with Gasteiger partial charge in [-0.3, -0.25) is 53.1 Å². The van der Waals surface area contributed by atoms with Crippen LogP contribution in [0.15, 0.2) is 347 Å². The molecule has 0 saturated carbocycles. The molecule has 0 atom stereocenters. The molecule has 0 radical (unpaired) electrons. The van der Waals surface area contributed by atoms with Gasteiger partial charge in [-0.2, -0.15) is 0 Å². The molecule has 26 aromatic rings. The van der Waals surface area contributed by atoms with Crippen LogP contribution in [-0.2, 0) is 51.4 Å². The molecule has 34 rings (SSSR count). The Labute approximate surface area is 794 Å². The maximum atomic E-state index is 6.53. The molecule has 139 heavy (non-hydrogen) atoms. The molecular formula is C123H76N16. The highest BCUT2D eigenvalue weighted by Gasteiger charge is 2.34. The normalized spacial score (nSPS) is 13.3. The van der Waals surface area contributed by atoms with Gasteiger partial charge in [0, 0.05) is 88.9 Å². The Hall–Kier alpha value is -18.2. The average Bonchev–Trinajstić information content (AvgIpc) is 1.56. The SMILES string of the molecule is Nc1cc2c(cc1Nc1cccnc1-c1ccccn1)-c1cc3c(cc1C2)Cc1ccccc1-3.c1ccc2c(c1)Cc1cc3c(cc1-2)-c1cc2c(cc1C3)nc1c3ccncc3c3ncccc3n21.c1ccc2c(c1)Cc1cc3c(cc1-2)-c1cc2c(cc1C3)nc1c3cnccc3c3ncccc3n21.c1ccc2c(c1)Cc1cc3c(cc1-2)-c1cc2c(cc1C3)nc1c3ncccc3c3ncccc3n21. The Morgan fingerprint density at radius 1 is 0.216 bits per heavy atom. The van der Waals surface area contributed by atoms with Gasteiger partial charge in [-0.1, -0.05) is 127 Å². The summed E-state index contributed by atoms with van der Waals surface area (Å²) in [5, 5.41) is 8.82. The topological polar surface area (TPSA) is 193 Å². The van der Waals surface area contributed by atoms with E-state index < -0.39 is 0 Å². The second-order valence-corrected chi connectivity index (χ2v) is 38.2. The van der Waals surface area contributed by atoms with Crippen molar-refractivity contribution < 1.29 is 0 Å². The number of aromatic nitrogens is 14. The molecule has 8 aliphatic carbocycles. The van der Waals surface area contributed by atoms with Crippen LogP contribution in [0.1, 0.15) is 89.0 Å². The number of imidazole rings is 3. The van der Waals surface area contributed by atoms with Gasteiger partial charge in [-0.15, -0.1) is 0 Å². The third-order valence-corrected chi connectivity index (χ3v) is 30.6. The summed E-state index contributed by atoms with van der Waals surface area (Å²) in [5.41, 5.74) is 71.0. The number of rotatable bonds is 3. The van der Waals surface area contributed by atoms with Gasteiger partial charge in [0.1, 0.15) is 22.5 Å². The third-order valence-electron chi connectivity index (χ3n) is 30.6. The monoisotopic (exact) mass is 1780 g/mol. The molecule has 16 nitrogen and oxygen atoms in total. The van der Waals surface area contributed by atoms with Crippen LogP contribution in [0.25, 0.3) is 216 Å². The highest BCUT2D eigenvalue weighted by atomic mass is 15.1. The smallest absolute Gasteiger partial charge is 0.165 e. The Morgan fingerprint density at radius 2 is 0.561 bits per heavy atom. The van der Waals surface area contributed by atoms with E-state index in [9.17, 15) is 0 Å². The molecule has 648 valence electrons. The molecule has 0 unspecified atom stereocenters. The zero-order valence-corrected chi connectivity index (χ0v) is 74.9. The predicted octanol–water partition coefficient (Wildman–Crippen LogP) is 26.8. The van der Waals surface area contributed by atoms with Gasteiger partial charge in [0.05, 0.1) is 89.0 Å². The van der Waals surface area contributed by atoms with E-state index >= 15 is 0 Å². The Balaban J connectivity index is 0.0000000856. The van der Waals surface area contributed by atoms with Crippen molar-refractivity contribution >= 4 is 133 Å². The fourth-order valence-electron chi connectivity index (χ4n) is 24.5. The van der Waals surface area contributed by atoms with Crippen molar-refractivity contribution in [2.75, 3.05) is 11.1 Å². The summed E-state index contributed by atoms with van der Waals surface area (Å²) in [5.74, 6) is 0. The summed E-state index contributed by atoms with van der Waals surface area (Å²) in [6.07, 6.45) is 26.4. The molecule has 0 fully saturated rings. The number of anilines is 3. The molecule has 16 heteroatoms. The Bertz CT molecular complexity index is 9350. The van der Waals surface area contributed by atoms with E-state index in [-0.39, 0.29) is 0 Å². The molecule has 0 spiro atoms. The number of hydrogen-bond acceptors (Lipinski definition) is 13. The minimum atomic E-state index is 0.736. The lowest BCUT2D eigenvalue weighted by atomic mass is 9.97. The molecule has 0 saturated heterocycles. The molecule has 3 N–H and O–H groups in total. The van der Waals surface area contributed by atoms with Crippen molar-refractivity contribution in [2.24, 2.45) is 0 Å². The molecular weight excluding hydrogens is 1700 g/mol. The third kappa shape index (κ3) is 11.4. The molecule has 0 aliphatic heterocycles. The van der Waals surface area contributed by atoms with E-state index in [2.05, 4.69) is 263 Å². The second kappa shape index (κ2) is 28.9. The predicted molar refractivity (Wildman–Crippen MR) is 557 cm³/mol. The highest BCUT2D eigenvalue weighted by molar-refractivity contribution is 6.15. The maximum absolute atomic E-state index is 6.53. The van der Waals surface area contributed by atoms with E-state index in [4.69, 9.17) is 40.6 Å². The maximum Gasteiger partial charge on any atom is 0.165 e. The Kier molecular flexibility index (Phi) is 15.9. The van der Waals surface area contributed by atoms with Crippen molar-refractivity contribution in [3.8, 4) is 100 Å². The summed E-state index contributed by atoms with van der Waals surface area (Å²) in [6.45, 7) is 0. The highest BCUT2D eigenvalue weighted by Crippen LogP contribution is 2.53. The van der Waals surface area contributed by atoms with Gasteiger partial charge >= 0.3 is 0 Å². The van der Waals surface area contributed by atoms with Gasteiger partial charge in [0.15, 0.2) is 5.65 Å². The summed E-state index contributed by atoms with van der Waals surface area (Å²) < 4.78 is 6.79. The van der Waals surface area contributed by atoms with E-state index in [1.807, 2.05) is 110 Å². The van der Waals surface area contributed by atoms with Crippen LogP contribution in [0.4, 0.5) is 17.1 Å². The zero-order valence-electron chi connectivity index (χ0n) is 74.9. The molecule has 14 heterocycles. The number of nitrogen functional groups attached to an aromatic ring is 1. The summed E-state index contributed by atoms with van der Waals surface area (Å²) in [6, 6.07) is 103. The first-order chi connectivity index (χ1) is 68.7. The van der Waals surface area contributed by atoms with Crippen molar-refractivity contribution in [3.05, 3.63) is 436 Å². The van der Waals surface area contributed by atoms with Gasteiger partial charge in [-0.25, -0.2) is 15.0 Å². The fourth-order valence-corrected chi connectivity index (χ4v) is 24.5. The number of hydrogen-bond donors (Lipinski definition) is 2. The van der Waals surface area contributed by atoms with E-state index in [0.29, 0.717) is 0 Å². The molecule has 14 aromatic heterocycles. The molecule has 8 aliphatic rings. The van der Waals surface area contributed by atoms with Crippen LogP contribution in [-0.4, -0.2) is 68.0 Å². The number of nitrogens with two attached hydrogens (primary N) is 1. The zero-order chi connectivity index (χ0) is 90.7. The van der Waals surface area contributed by atoms with E-state index in [1.165, 1.54) is 178 Å². The first-order valence-electron chi connectivity index (χ1n) is 47.7. The minimum absolute atomic E-state index is 0.736. The van der Waals surface area contributed by atoms with Crippen LogP contribution in [0.2, 0.25) is 0 Å². The van der Waals surface area contributed by atoms with E-state index in [1.54, 1.807) is 12.4 Å². The van der Waals surface area contributed by atoms with Crippen LogP contribution < -0.4 is 11.1 Å². The van der Waals surface area contributed by atoms with Gasteiger partial charge in [-0.05, 0) is 387 Å². The number of nitrogens with zero attached hydrogens (tertiary/aromatic N) is 14. The van der Waals surface area contributed by atoms with Crippen molar-refractivity contribution in [1.82, 2.24) is 68.0 Å². The Morgan fingerprint density at radius 3 is 1.04 bits per heavy atom. The van der Waals surface area contributed by atoms with Gasteiger partial charge in [0.25, 0.3) is 0 Å². The first-order valence-corrected chi connectivity index (χ1v) is 47.7. The van der Waals surface area contributed by atoms with Gasteiger partial charge < -0.3 is 11.1 Å². The summed E-state index contributed by atoms with van der Waals surface area (Å²) in [7, 11) is 0. The van der Waals surface area contributed by atoms with Crippen LogP contribution >= 0.6 is 0 Å². The second-order valence-electron chi connectivity index (χ2n) is 38.2. The number of nitrogens with one attached hydrogen (secondary N) is 1. The number of fused-ring (bicyclic) bond motifs is 48. The van der Waals surface area contributed by atoms with Crippen LogP contribution in [0.5, 0.6) is 0 Å². The van der Waals surface area contributed by atoms with Crippen molar-refractivity contribution in [2.45, 2.75) is 51.4 Å². The van der Waals surface area contributed by atoms with Crippen molar-refractivity contribution in [1.29, 1.82) is 0 Å². The fraction of sp³-hybridized carbons (Fsp3) is 0.0650. The lowest BCUT2D eigenvalue weighted by Gasteiger charge is -2.15. The van der Waals surface area contributed by atoms with Crippen molar-refractivity contribution in [3.63, 3.8) is 0 Å². The summed E-state index contributed by atoms with van der Waals surface area (Å²) >= 11 is 0. The van der Waals surface area contributed by atoms with Crippen LogP contribution in [0.3, 0.4) is 0 Å². The number of pyridine rings is 11. The standard InChI is InChI=1S/3C31H18N4.C30H22N4/c1-2-6-21-17(5-1)11-18-12-19-13-20-14-26-28(16-25(20)24(19)15-23(18)21)35-27-8-4-10-32-29(27)22-7-3-9-33-30(22)31(35)34-26;1-2-5-21-17(4-1)10-18-11-19-12-20-13-27-29(15-25(20)24(19)14-23(18)21)35-28-6-3-8-33-30(28)26-16-32-9-7-22(26)31(35)34-27;1-2-5-21-17(4-1)10-18-11-19-12-20-13-27-29(15-25(20)24(19)14-23(18)21)35-28-6-3-8-33-30(28)22-7-9-32-16-26(22)31(35)34-27;31-26-15-21-14-20-13-19-12-18-6-1-2-7-22(18)23(19)16-24(20)25(21)17-29(26)34-28-9-5-11-33-30(28)27-8-3-4-10-32-27/h1-10,12,14-16H,11,13H2;2*1-9,11,13-16H,10,12H2;1-11,13,15-17,34H,12,14,31H2. The minimum Gasteiger partial charge on any atom is -0.397 e. The van der Waals surface area contributed by atoms with E-state index in [0.717, 1.165) is 195 Å². The summed E-state index contributed by atoms with van der Waals surface area (Å²) in [4.78, 5) is 52.1. The quantitative estimate of drug-likeness (QED) is 0.125. The largest absolute Gasteiger partial charge is 0.397 e.